The highest BCUT2D eigenvalue weighted by Crippen LogP contribution is 2.38. The normalized spacial score (nSPS) is 14.2. The zero-order valence-electron chi connectivity index (χ0n) is 50.3. The van der Waals surface area contributed by atoms with Crippen LogP contribution in [0.15, 0.2) is 134 Å². The average molecular weight is 1100 g/mol. The maximum absolute atomic E-state index is 12.8. The number of hydrogen-bond donors (Lipinski definition) is 0. The molecule has 0 aliphatic rings. The molecule has 444 valence electrons. The van der Waals surface area contributed by atoms with Gasteiger partial charge in [-0.15, -0.1) is 0 Å². The summed E-state index contributed by atoms with van der Waals surface area (Å²) < 4.78 is 34.1. The van der Waals surface area contributed by atoms with Gasteiger partial charge in [0.2, 0.25) is 0 Å². The van der Waals surface area contributed by atoms with Crippen molar-refractivity contribution in [3.05, 3.63) is 134 Å². The molecule has 0 aromatic carbocycles. The maximum atomic E-state index is 12.8. The standard InChI is InChI=1S/C68H114NO8P/c1-6-8-10-12-14-16-18-20-22-24-26-28-30-31-32-33-34-35-36-37-39-40-42-44-46-48-50-52-54-56-58-60-67(70)74-64-66(65-76-78(72,73)75-63-62-69(3,4)5)77-68(71)61-59-57-55-53-51-49-47-45-43-41-38-29-27-25-23-21-19-17-15-13-11-9-7-2/h8-11,14-17,20-23,26-29,41,43,47,49,53,55,66H,6-7,12-13,18-19,24-25,30-40,42,44-46,48,50-52,54,56-65H2,1-5H3/b10-8-,11-9-,16-14-,17-15-,22-20-,23-21-,28-26-,29-27-,43-41-,49-47-,55-53-. The van der Waals surface area contributed by atoms with Crippen LogP contribution in [0.5, 0.6) is 0 Å². The summed E-state index contributed by atoms with van der Waals surface area (Å²) in [7, 11) is 1.11. The Bertz CT molecular complexity index is 1780. The molecule has 0 bridgehead atoms. The highest BCUT2D eigenvalue weighted by atomic mass is 31.2. The molecule has 0 radical (unpaired) electrons. The fourth-order valence-corrected chi connectivity index (χ4v) is 8.72. The smallest absolute Gasteiger partial charge is 0.306 e. The van der Waals surface area contributed by atoms with Crippen molar-refractivity contribution in [1.82, 2.24) is 0 Å². The fourth-order valence-electron chi connectivity index (χ4n) is 7.99. The number of rotatable bonds is 55. The van der Waals surface area contributed by atoms with Crippen molar-refractivity contribution < 1.29 is 42.1 Å². The summed E-state index contributed by atoms with van der Waals surface area (Å²) >= 11 is 0. The van der Waals surface area contributed by atoms with E-state index in [1.807, 2.05) is 27.2 Å². The van der Waals surface area contributed by atoms with Crippen molar-refractivity contribution in [2.24, 2.45) is 0 Å². The Morgan fingerprint density at radius 1 is 0.397 bits per heavy atom. The highest BCUT2D eigenvalue weighted by molar-refractivity contribution is 7.45. The first-order chi connectivity index (χ1) is 38.0. The van der Waals surface area contributed by atoms with Gasteiger partial charge in [0.05, 0.1) is 27.7 Å². The zero-order chi connectivity index (χ0) is 57.0. The first-order valence-electron chi connectivity index (χ1n) is 30.9. The minimum Gasteiger partial charge on any atom is -0.756 e. The number of ether oxygens (including phenoxy) is 2. The molecule has 0 amide bonds. The topological polar surface area (TPSA) is 111 Å². The first kappa shape index (κ1) is 74.2. The number of hydrogen-bond acceptors (Lipinski definition) is 8. The lowest BCUT2D eigenvalue weighted by molar-refractivity contribution is -0.870. The second-order valence-electron chi connectivity index (χ2n) is 21.3. The number of likely N-dealkylation sites (N-methyl/N-ethyl adjacent to an activating group) is 1. The molecular formula is C68H114NO8P. The van der Waals surface area contributed by atoms with E-state index in [2.05, 4.69) is 141 Å². The van der Waals surface area contributed by atoms with E-state index in [-0.39, 0.29) is 26.1 Å². The summed E-state index contributed by atoms with van der Waals surface area (Å²) in [5.74, 6) is -0.907. The van der Waals surface area contributed by atoms with Crippen LogP contribution in [0.2, 0.25) is 0 Å². The van der Waals surface area contributed by atoms with E-state index in [0.717, 1.165) is 89.9 Å². The predicted octanol–water partition coefficient (Wildman–Crippen LogP) is 19.1. The molecule has 9 nitrogen and oxygen atoms in total. The summed E-state index contributed by atoms with van der Waals surface area (Å²) in [6, 6.07) is 0. The molecule has 0 aromatic rings. The number of phosphoric acid groups is 1. The molecule has 0 fully saturated rings. The Balaban J connectivity index is 4.18. The maximum Gasteiger partial charge on any atom is 0.306 e. The second kappa shape index (κ2) is 57.8. The van der Waals surface area contributed by atoms with Crippen LogP contribution in [0.1, 0.15) is 232 Å². The first-order valence-corrected chi connectivity index (χ1v) is 32.4. The second-order valence-corrected chi connectivity index (χ2v) is 22.7. The lowest BCUT2D eigenvalue weighted by Crippen LogP contribution is -2.37. The molecule has 0 aliphatic carbocycles. The Kier molecular flexibility index (Phi) is 55.0. The summed E-state index contributed by atoms with van der Waals surface area (Å²) in [4.78, 5) is 37.9. The minimum atomic E-state index is -4.66. The minimum absolute atomic E-state index is 0.0480. The van der Waals surface area contributed by atoms with Crippen LogP contribution in [0.3, 0.4) is 0 Å². The molecule has 78 heavy (non-hydrogen) atoms. The van der Waals surface area contributed by atoms with Gasteiger partial charge >= 0.3 is 11.9 Å². The van der Waals surface area contributed by atoms with E-state index >= 15 is 0 Å². The summed E-state index contributed by atoms with van der Waals surface area (Å²) in [6.45, 7) is 3.94. The van der Waals surface area contributed by atoms with Crippen LogP contribution >= 0.6 is 7.82 Å². The summed E-state index contributed by atoms with van der Waals surface area (Å²) in [5.41, 5.74) is 0. The van der Waals surface area contributed by atoms with E-state index in [0.29, 0.717) is 23.9 Å². The number of carbonyl (C=O) groups is 2. The van der Waals surface area contributed by atoms with Gasteiger partial charge in [-0.3, -0.25) is 14.2 Å². The lowest BCUT2D eigenvalue weighted by Gasteiger charge is -2.28. The van der Waals surface area contributed by atoms with Crippen LogP contribution < -0.4 is 4.89 Å². The number of phosphoric ester groups is 1. The van der Waals surface area contributed by atoms with Crippen LogP contribution in [-0.2, 0) is 32.7 Å². The zero-order valence-corrected chi connectivity index (χ0v) is 51.2. The van der Waals surface area contributed by atoms with Crippen LogP contribution in [-0.4, -0.2) is 70.0 Å². The molecule has 0 saturated carbocycles. The van der Waals surface area contributed by atoms with Crippen LogP contribution in [0, 0.1) is 0 Å². The average Bonchev–Trinajstić information content (AvgIpc) is 3.40. The third kappa shape index (κ3) is 61.4. The molecule has 0 spiro atoms. The van der Waals surface area contributed by atoms with Crippen LogP contribution in [0.25, 0.3) is 0 Å². The Hall–Kier alpha value is -3.85. The number of allylic oxidation sites excluding steroid dienone is 22. The highest BCUT2D eigenvalue weighted by Gasteiger charge is 2.21. The van der Waals surface area contributed by atoms with Crippen molar-refractivity contribution >= 4 is 19.8 Å². The fraction of sp³-hybridized carbons (Fsp3) is 0.647. The Morgan fingerprint density at radius 2 is 0.705 bits per heavy atom. The molecule has 10 heteroatoms. The number of carbonyl (C=O) groups excluding carboxylic acids is 2. The van der Waals surface area contributed by atoms with Gasteiger partial charge in [-0.05, 0) is 103 Å². The van der Waals surface area contributed by atoms with E-state index < -0.39 is 32.5 Å². The van der Waals surface area contributed by atoms with Crippen LogP contribution in [0.4, 0.5) is 0 Å². The molecule has 0 N–H and O–H groups in total. The van der Waals surface area contributed by atoms with Gasteiger partial charge in [-0.2, -0.15) is 0 Å². The van der Waals surface area contributed by atoms with E-state index in [4.69, 9.17) is 18.5 Å². The molecule has 0 aliphatic heterocycles. The lowest BCUT2D eigenvalue weighted by atomic mass is 10.0. The van der Waals surface area contributed by atoms with Gasteiger partial charge in [0, 0.05) is 12.8 Å². The van der Waals surface area contributed by atoms with Gasteiger partial charge in [0.1, 0.15) is 19.8 Å². The van der Waals surface area contributed by atoms with E-state index in [1.54, 1.807) is 0 Å². The van der Waals surface area contributed by atoms with Gasteiger partial charge in [0.15, 0.2) is 6.10 Å². The SMILES string of the molecule is CC/C=C\C/C=C\C/C=C\C/C=C\C/C=C\C/C=C\C/C=C\CCCC(=O)OC(COC(=O)CCCCCCCCCCCCCCCCCCCC/C=C\C/C=C\C/C=C\C/C=C\CC)COP(=O)([O-])OCC[N+](C)(C)C. The van der Waals surface area contributed by atoms with Crippen molar-refractivity contribution in [3.63, 3.8) is 0 Å². The molecule has 2 unspecified atom stereocenters. The van der Waals surface area contributed by atoms with Crippen molar-refractivity contribution in [2.45, 2.75) is 238 Å². The summed E-state index contributed by atoms with van der Waals surface area (Å²) in [6.07, 6.45) is 83.8. The van der Waals surface area contributed by atoms with Gasteiger partial charge in [-0.1, -0.05) is 250 Å². The van der Waals surface area contributed by atoms with Gasteiger partial charge < -0.3 is 27.9 Å². The monoisotopic (exact) mass is 1100 g/mol. The molecular weight excluding hydrogens is 990 g/mol. The number of quaternary nitrogens is 1. The largest absolute Gasteiger partial charge is 0.756 e. The third-order valence-corrected chi connectivity index (χ3v) is 13.6. The summed E-state index contributed by atoms with van der Waals surface area (Å²) in [5, 5.41) is 0. The van der Waals surface area contributed by atoms with Crippen molar-refractivity contribution in [2.75, 3.05) is 47.5 Å². The molecule has 2 atom stereocenters. The van der Waals surface area contributed by atoms with Gasteiger partial charge in [0.25, 0.3) is 7.82 Å². The molecule has 0 saturated heterocycles. The quantitative estimate of drug-likeness (QED) is 0.0195. The molecule has 0 rings (SSSR count). The Labute approximate surface area is 479 Å². The van der Waals surface area contributed by atoms with E-state index in [9.17, 15) is 19.0 Å². The predicted molar refractivity (Wildman–Crippen MR) is 332 cm³/mol. The number of nitrogens with zero attached hydrogens (tertiary/aromatic N) is 1. The van der Waals surface area contributed by atoms with E-state index in [1.165, 1.54) is 103 Å². The number of unbranched alkanes of at least 4 members (excludes halogenated alkanes) is 19. The molecule has 0 aromatic heterocycles. The molecule has 0 heterocycles. The van der Waals surface area contributed by atoms with Crippen molar-refractivity contribution in [3.8, 4) is 0 Å². The van der Waals surface area contributed by atoms with Crippen molar-refractivity contribution in [1.29, 1.82) is 0 Å². The Morgan fingerprint density at radius 3 is 1.06 bits per heavy atom. The van der Waals surface area contributed by atoms with Gasteiger partial charge in [-0.25, -0.2) is 0 Å². The third-order valence-electron chi connectivity index (χ3n) is 12.7. The number of esters is 2.